The monoisotopic (exact) mass is 675 g/mol. The number of fused-ring (bicyclic) bond motifs is 13. The van der Waals surface area contributed by atoms with Crippen molar-refractivity contribution in [3.63, 3.8) is 0 Å². The van der Waals surface area contributed by atoms with Crippen LogP contribution in [-0.4, -0.2) is 78.3 Å². The maximum Gasteiger partial charge on any atom is 0.156 e. The summed E-state index contributed by atoms with van der Waals surface area (Å²) in [5, 5.41) is 6.06. The highest BCUT2D eigenvalue weighted by molar-refractivity contribution is 8.01. The summed E-state index contributed by atoms with van der Waals surface area (Å²) in [7, 11) is 0. The molecule has 3 nitrogen and oxygen atoms in total. The molecule has 12 rings (SSSR count). The maximum absolute atomic E-state index is 3.42. The molecule has 0 N–H and O–H groups in total. The molecule has 5 aliphatic carbocycles. The van der Waals surface area contributed by atoms with Gasteiger partial charge in [-0.05, 0) is 68.1 Å². The molecule has 5 heterocycles. The summed E-state index contributed by atoms with van der Waals surface area (Å²) in [6.45, 7) is 0.980. The van der Waals surface area contributed by atoms with Gasteiger partial charge in [0.2, 0.25) is 0 Å². The first-order valence-corrected chi connectivity index (χ1v) is 22.6. The summed E-state index contributed by atoms with van der Waals surface area (Å²) in [6, 6.07) is 24.6. The summed E-state index contributed by atoms with van der Waals surface area (Å²) in [4.78, 5) is 6.85. The summed E-state index contributed by atoms with van der Waals surface area (Å²) in [5.41, 5.74) is 3.04. The lowest BCUT2D eigenvalue weighted by molar-refractivity contribution is -0.0646. The third-order valence-corrected chi connectivity index (χ3v) is 19.8. The van der Waals surface area contributed by atoms with Crippen LogP contribution in [-0.2, 0) is 0 Å². The summed E-state index contributed by atoms with van der Waals surface area (Å²) < 4.78 is 3.01. The highest BCUT2D eigenvalue weighted by Gasteiger charge is 2.72. The molecule has 5 saturated carbocycles. The Morgan fingerprint density at radius 3 is 1.44 bits per heavy atom. The topological polar surface area (TPSA) is 11.4 Å². The Hall–Kier alpha value is -1.08. The van der Waals surface area contributed by atoms with Crippen molar-refractivity contribution < 1.29 is 0 Å². The SMILES string of the molecule is c1ccc2c(c1)c1ccccc1n2C1C2SC3CCCCC3N3C4CCCCC4B4C5CCCCC5N5C6CCCCC6SC1C5C4C23. The van der Waals surface area contributed by atoms with E-state index in [1.54, 1.807) is 12.8 Å². The fourth-order valence-corrected chi connectivity index (χ4v) is 19.4. The Labute approximate surface area is 297 Å². The van der Waals surface area contributed by atoms with E-state index in [4.69, 9.17) is 0 Å². The van der Waals surface area contributed by atoms with Gasteiger partial charge in [0.15, 0.2) is 6.71 Å². The number of thioether (sulfide) groups is 2. The highest BCUT2D eigenvalue weighted by Crippen LogP contribution is 2.69. The van der Waals surface area contributed by atoms with Crippen LogP contribution in [0, 0.1) is 0 Å². The van der Waals surface area contributed by atoms with Gasteiger partial charge >= 0.3 is 0 Å². The molecule has 0 radical (unpaired) electrons. The summed E-state index contributed by atoms with van der Waals surface area (Å²) in [6.07, 6.45) is 23.8. The van der Waals surface area contributed by atoms with E-state index in [0.29, 0.717) is 16.5 Å². The predicted octanol–water partition coefficient (Wildman–Crippen LogP) is 10.1. The summed E-state index contributed by atoms with van der Waals surface area (Å²) in [5.74, 6) is 2.82. The molecule has 0 amide bonds. The molecule has 12 unspecified atom stereocenters. The Morgan fingerprint density at radius 1 is 0.479 bits per heavy atom. The number of hydrogen-bond acceptors (Lipinski definition) is 4. The first kappa shape index (κ1) is 29.5. The van der Waals surface area contributed by atoms with Crippen LogP contribution < -0.4 is 0 Å². The average Bonchev–Trinajstić information content (AvgIpc) is 3.48. The minimum atomic E-state index is 0.563. The van der Waals surface area contributed by atoms with E-state index < -0.39 is 0 Å². The Morgan fingerprint density at radius 2 is 0.917 bits per heavy atom. The van der Waals surface area contributed by atoms with E-state index in [9.17, 15) is 0 Å². The third-order valence-electron chi connectivity index (χ3n) is 16.3. The van der Waals surface area contributed by atoms with Gasteiger partial charge in [-0.3, -0.25) is 9.80 Å². The van der Waals surface area contributed by atoms with Gasteiger partial charge in [0.05, 0.1) is 6.04 Å². The zero-order valence-electron chi connectivity index (χ0n) is 28.8. The maximum atomic E-state index is 3.42. The second kappa shape index (κ2) is 11.2. The molecular formula is C42H54BN3S2. The number of rotatable bonds is 1. The second-order valence-electron chi connectivity index (χ2n) is 17.9. The van der Waals surface area contributed by atoms with E-state index in [1.165, 1.54) is 112 Å². The fourth-order valence-electron chi connectivity index (χ4n) is 15.1. The Kier molecular flexibility index (Phi) is 6.89. The minimum Gasteiger partial charge on any atom is -0.335 e. The van der Waals surface area contributed by atoms with Gasteiger partial charge < -0.3 is 4.57 Å². The van der Waals surface area contributed by atoms with Crippen LogP contribution in [0.15, 0.2) is 48.5 Å². The van der Waals surface area contributed by atoms with Crippen LogP contribution in [0.25, 0.3) is 21.8 Å². The van der Waals surface area contributed by atoms with E-state index in [-0.39, 0.29) is 0 Å². The number of aromatic nitrogens is 1. The van der Waals surface area contributed by atoms with Crippen molar-refractivity contribution >= 4 is 52.0 Å². The molecule has 1 aromatic heterocycles. The fraction of sp³-hybridized carbons (Fsp3) is 0.714. The van der Waals surface area contributed by atoms with Gasteiger partial charge in [0, 0.05) is 79.1 Å². The number of hydrogen-bond donors (Lipinski definition) is 0. The highest BCUT2D eigenvalue weighted by atomic mass is 32.2. The molecule has 252 valence electrons. The van der Waals surface area contributed by atoms with Gasteiger partial charge in [-0.1, -0.05) is 101 Å². The number of nitrogens with zero attached hydrogens (tertiary/aromatic N) is 3. The Balaban J connectivity index is 1.13. The van der Waals surface area contributed by atoms with Crippen LogP contribution in [0.3, 0.4) is 0 Å². The largest absolute Gasteiger partial charge is 0.335 e. The number of para-hydroxylation sites is 2. The normalized spacial score (nSPS) is 46.7. The Bertz CT molecular complexity index is 1610. The lowest BCUT2D eigenvalue weighted by atomic mass is 9.18. The average molecular weight is 676 g/mol. The van der Waals surface area contributed by atoms with Crippen molar-refractivity contribution in [2.75, 3.05) is 0 Å². The predicted molar refractivity (Wildman–Crippen MR) is 206 cm³/mol. The molecule has 0 spiro atoms. The van der Waals surface area contributed by atoms with Crippen LogP contribution in [0.1, 0.15) is 109 Å². The molecular weight excluding hydrogens is 621 g/mol. The van der Waals surface area contributed by atoms with E-state index in [1.807, 2.05) is 0 Å². The van der Waals surface area contributed by atoms with E-state index in [0.717, 1.165) is 70.9 Å². The van der Waals surface area contributed by atoms with Gasteiger partial charge in [0.25, 0.3) is 0 Å². The van der Waals surface area contributed by atoms with Crippen LogP contribution in [0.2, 0.25) is 17.5 Å². The van der Waals surface area contributed by atoms with Crippen molar-refractivity contribution in [2.24, 2.45) is 0 Å². The van der Waals surface area contributed by atoms with Crippen molar-refractivity contribution in [1.29, 1.82) is 0 Å². The minimum absolute atomic E-state index is 0.563. The molecule has 3 aromatic rings. The van der Waals surface area contributed by atoms with Crippen molar-refractivity contribution in [2.45, 2.75) is 183 Å². The molecule has 9 aliphatic rings. The molecule has 6 heteroatoms. The van der Waals surface area contributed by atoms with Gasteiger partial charge in [-0.15, -0.1) is 23.5 Å². The molecule has 0 bridgehead atoms. The molecule has 2 aromatic carbocycles. The molecule has 9 fully saturated rings. The smallest absolute Gasteiger partial charge is 0.156 e. The summed E-state index contributed by atoms with van der Waals surface area (Å²) >= 11 is 5.13. The third kappa shape index (κ3) is 3.91. The quantitative estimate of drug-likeness (QED) is 0.238. The number of benzene rings is 2. The van der Waals surface area contributed by atoms with Gasteiger partial charge in [0.1, 0.15) is 0 Å². The van der Waals surface area contributed by atoms with Crippen molar-refractivity contribution in [3.05, 3.63) is 48.5 Å². The van der Waals surface area contributed by atoms with Gasteiger partial charge in [-0.2, -0.15) is 0 Å². The zero-order valence-corrected chi connectivity index (χ0v) is 30.4. The first-order chi connectivity index (χ1) is 23.9. The van der Waals surface area contributed by atoms with Gasteiger partial charge in [-0.25, -0.2) is 0 Å². The lowest BCUT2D eigenvalue weighted by Crippen LogP contribution is -2.82. The molecule has 4 aliphatic heterocycles. The zero-order chi connectivity index (χ0) is 31.1. The van der Waals surface area contributed by atoms with Crippen molar-refractivity contribution in [1.82, 2.24) is 14.4 Å². The first-order valence-electron chi connectivity index (χ1n) is 20.7. The molecule has 12 atom stereocenters. The molecule has 4 saturated heterocycles. The van der Waals surface area contributed by atoms with Crippen LogP contribution in [0.4, 0.5) is 0 Å². The second-order valence-corrected chi connectivity index (χ2v) is 20.8. The van der Waals surface area contributed by atoms with Crippen LogP contribution in [0.5, 0.6) is 0 Å². The van der Waals surface area contributed by atoms with Crippen molar-refractivity contribution in [3.8, 4) is 0 Å². The standard InChI is InChI=1S/C42H54BN3S2/c1-5-17-29-25(13-1)26-14-2-6-18-30(26)44(29)40-41-38-37-39-42(40)48-36-24-12-10-22-34(36)46(39)32-20-8-4-16-28(32)43(37)27-15-3-7-19-31(27)45(38)33-21-9-11-23-35(33)47-41/h1-2,5-6,13-14,17-18,27-28,31-42H,3-4,7-12,15-16,19-24H2. The van der Waals surface area contributed by atoms with E-state index in [2.05, 4.69) is 86.4 Å². The molecule has 48 heavy (non-hydrogen) atoms. The lowest BCUT2D eigenvalue weighted by Gasteiger charge is -2.75. The van der Waals surface area contributed by atoms with E-state index >= 15 is 0 Å². The van der Waals surface area contributed by atoms with Crippen LogP contribution >= 0.6 is 23.5 Å².